The summed E-state index contributed by atoms with van der Waals surface area (Å²) >= 11 is 0. The van der Waals surface area contributed by atoms with Crippen molar-refractivity contribution in [2.75, 3.05) is 6.61 Å². The number of aryl methyl sites for hydroxylation is 3. The van der Waals surface area contributed by atoms with Crippen molar-refractivity contribution in [3.63, 3.8) is 0 Å². The van der Waals surface area contributed by atoms with Crippen LogP contribution in [0.3, 0.4) is 0 Å². The van der Waals surface area contributed by atoms with E-state index in [-0.39, 0.29) is 23.5 Å². The molecule has 0 fully saturated rings. The number of ether oxygens (including phenoxy) is 1. The largest absolute Gasteiger partial charge is 0.484 e. The van der Waals surface area contributed by atoms with E-state index >= 15 is 0 Å². The smallest absolute Gasteiger partial charge is 0.326 e. The van der Waals surface area contributed by atoms with Crippen molar-refractivity contribution in [3.05, 3.63) is 64.2 Å². The van der Waals surface area contributed by atoms with Crippen molar-refractivity contribution in [2.45, 2.75) is 111 Å². The second-order valence-corrected chi connectivity index (χ2v) is 11.9. The summed E-state index contributed by atoms with van der Waals surface area (Å²) in [5.74, 6) is -0.866. The molecule has 6 heteroatoms. The van der Waals surface area contributed by atoms with Crippen LogP contribution >= 0.6 is 0 Å². The first kappa shape index (κ1) is 32.4. The molecule has 0 spiro atoms. The number of nitrogens with one attached hydrogen (secondary N) is 1. The van der Waals surface area contributed by atoms with Gasteiger partial charge >= 0.3 is 5.97 Å². The zero-order valence-corrected chi connectivity index (χ0v) is 25.2. The maximum Gasteiger partial charge on any atom is 0.326 e. The van der Waals surface area contributed by atoms with Crippen LogP contribution in [-0.4, -0.2) is 40.8 Å². The summed E-state index contributed by atoms with van der Waals surface area (Å²) in [6.07, 6.45) is 4.15. The summed E-state index contributed by atoms with van der Waals surface area (Å²) in [7, 11) is 0. The quantitative estimate of drug-likeness (QED) is 0.255. The molecule has 2 rings (SSSR count). The first-order valence-electron chi connectivity index (χ1n) is 14.3. The number of benzene rings is 2. The predicted molar refractivity (Wildman–Crippen MR) is 157 cm³/mol. The Hall–Kier alpha value is -2.86. The van der Waals surface area contributed by atoms with E-state index in [1.807, 2.05) is 19.9 Å². The number of carboxylic acid groups (broad SMARTS) is 1. The van der Waals surface area contributed by atoms with E-state index in [0.717, 1.165) is 31.2 Å². The molecule has 0 radical (unpaired) electrons. The standard InChI is InChI=1S/C33H49NO5/c1-9-12-27(31(37)38)34-30(36)21-39-28-17-16-26(20-23(28)5)33(10-2,11-3)25-15-13-24(22(4)19-25)14-18-29(35)32(6,7)8/h13,15-17,19-20,27,29,35H,9-12,14,18,21H2,1-8H3,(H,34,36)(H,37,38). The molecule has 0 aliphatic heterocycles. The molecule has 3 N–H and O–H groups in total. The van der Waals surface area contributed by atoms with Crippen molar-refractivity contribution in [1.82, 2.24) is 5.32 Å². The van der Waals surface area contributed by atoms with Gasteiger partial charge in [0.1, 0.15) is 11.8 Å². The van der Waals surface area contributed by atoms with Gasteiger partial charge in [-0.05, 0) is 85.3 Å². The third-order valence-electron chi connectivity index (χ3n) is 8.09. The normalized spacial score (nSPS) is 13.6. The number of aliphatic hydroxyl groups excluding tert-OH is 1. The van der Waals surface area contributed by atoms with E-state index in [1.54, 1.807) is 0 Å². The summed E-state index contributed by atoms with van der Waals surface area (Å²) in [6, 6.07) is 12.0. The lowest BCUT2D eigenvalue weighted by atomic mass is 9.69. The van der Waals surface area contributed by atoms with Gasteiger partial charge in [0, 0.05) is 5.41 Å². The van der Waals surface area contributed by atoms with Crippen LogP contribution in [-0.2, 0) is 21.4 Å². The molecule has 0 heterocycles. The minimum Gasteiger partial charge on any atom is -0.484 e. The van der Waals surface area contributed by atoms with Crippen LogP contribution in [0.15, 0.2) is 36.4 Å². The van der Waals surface area contributed by atoms with E-state index in [4.69, 9.17) is 4.74 Å². The number of carboxylic acids is 1. The fourth-order valence-corrected chi connectivity index (χ4v) is 5.27. The maximum atomic E-state index is 12.3. The van der Waals surface area contributed by atoms with Gasteiger partial charge in [-0.1, -0.05) is 78.3 Å². The zero-order chi connectivity index (χ0) is 29.4. The molecule has 0 bridgehead atoms. The van der Waals surface area contributed by atoms with Gasteiger partial charge < -0.3 is 20.3 Å². The van der Waals surface area contributed by atoms with Gasteiger partial charge in [0.25, 0.3) is 5.91 Å². The van der Waals surface area contributed by atoms with Gasteiger partial charge in [0.15, 0.2) is 6.61 Å². The first-order chi connectivity index (χ1) is 18.3. The van der Waals surface area contributed by atoms with Gasteiger partial charge in [-0.2, -0.15) is 0 Å². The van der Waals surface area contributed by atoms with Crippen LogP contribution in [0.4, 0.5) is 0 Å². The molecule has 0 aliphatic carbocycles. The van der Waals surface area contributed by atoms with E-state index in [0.29, 0.717) is 18.6 Å². The van der Waals surface area contributed by atoms with Gasteiger partial charge in [0.2, 0.25) is 0 Å². The van der Waals surface area contributed by atoms with E-state index in [9.17, 15) is 19.8 Å². The number of hydrogen-bond acceptors (Lipinski definition) is 4. The average molecular weight is 540 g/mol. The Balaban J connectivity index is 2.22. The van der Waals surface area contributed by atoms with Crippen molar-refractivity contribution < 1.29 is 24.5 Å². The topological polar surface area (TPSA) is 95.9 Å². The minimum atomic E-state index is -1.04. The molecule has 0 saturated carbocycles. The second-order valence-electron chi connectivity index (χ2n) is 11.9. The van der Waals surface area contributed by atoms with Crippen molar-refractivity contribution >= 4 is 11.9 Å². The highest BCUT2D eigenvalue weighted by atomic mass is 16.5. The molecular formula is C33H49NO5. The van der Waals surface area contributed by atoms with Gasteiger partial charge in [-0.15, -0.1) is 0 Å². The first-order valence-corrected chi connectivity index (χ1v) is 14.3. The number of amides is 1. The summed E-state index contributed by atoms with van der Waals surface area (Å²) in [4.78, 5) is 23.6. The summed E-state index contributed by atoms with van der Waals surface area (Å²) < 4.78 is 5.78. The summed E-state index contributed by atoms with van der Waals surface area (Å²) in [6.45, 7) is 16.4. The zero-order valence-electron chi connectivity index (χ0n) is 25.2. The van der Waals surface area contributed by atoms with E-state index in [1.165, 1.54) is 22.3 Å². The summed E-state index contributed by atoms with van der Waals surface area (Å²) in [5.41, 5.74) is 5.62. The molecule has 0 aromatic heterocycles. The van der Waals surface area contributed by atoms with Crippen LogP contribution < -0.4 is 10.1 Å². The fraction of sp³-hybridized carbons (Fsp3) is 0.576. The average Bonchev–Trinajstić information content (AvgIpc) is 2.87. The molecule has 2 aromatic carbocycles. The van der Waals surface area contributed by atoms with Crippen LogP contribution in [0.1, 0.15) is 101 Å². The van der Waals surface area contributed by atoms with Crippen LogP contribution in [0.5, 0.6) is 5.75 Å². The van der Waals surface area contributed by atoms with Crippen LogP contribution in [0, 0.1) is 19.3 Å². The van der Waals surface area contributed by atoms with Crippen LogP contribution in [0.25, 0.3) is 0 Å². The molecular weight excluding hydrogens is 490 g/mol. The third kappa shape index (κ3) is 8.31. The number of carbonyl (C=O) groups is 2. The molecule has 2 aromatic rings. The van der Waals surface area contributed by atoms with E-state index in [2.05, 4.69) is 77.2 Å². The van der Waals surface area contributed by atoms with Gasteiger partial charge in [0.05, 0.1) is 6.10 Å². The van der Waals surface area contributed by atoms with Gasteiger partial charge in [-0.25, -0.2) is 4.79 Å². The van der Waals surface area contributed by atoms with Crippen molar-refractivity contribution in [2.24, 2.45) is 5.41 Å². The highest BCUT2D eigenvalue weighted by Gasteiger charge is 2.32. The monoisotopic (exact) mass is 539 g/mol. The molecule has 2 atom stereocenters. The van der Waals surface area contributed by atoms with Crippen molar-refractivity contribution in [1.29, 1.82) is 0 Å². The lowest BCUT2D eigenvalue weighted by molar-refractivity contribution is -0.142. The molecule has 216 valence electrons. The Morgan fingerprint density at radius 3 is 2.00 bits per heavy atom. The second kappa shape index (κ2) is 14.0. The predicted octanol–water partition coefficient (Wildman–Crippen LogP) is 6.50. The SMILES string of the molecule is CCCC(NC(=O)COc1ccc(C(CC)(CC)c2ccc(CCC(O)C(C)(C)C)c(C)c2)cc1C)C(=O)O. The lowest BCUT2D eigenvalue weighted by Gasteiger charge is -2.34. The highest BCUT2D eigenvalue weighted by Crippen LogP contribution is 2.41. The van der Waals surface area contributed by atoms with Crippen LogP contribution in [0.2, 0.25) is 0 Å². The van der Waals surface area contributed by atoms with Gasteiger partial charge in [-0.3, -0.25) is 4.79 Å². The highest BCUT2D eigenvalue weighted by molar-refractivity contribution is 5.84. The Bertz CT molecular complexity index is 1110. The molecule has 2 unspecified atom stereocenters. The van der Waals surface area contributed by atoms with Crippen molar-refractivity contribution in [3.8, 4) is 5.75 Å². The Morgan fingerprint density at radius 1 is 0.923 bits per heavy atom. The summed E-state index contributed by atoms with van der Waals surface area (Å²) in [5, 5.41) is 22.3. The Kier molecular flexibility index (Phi) is 11.6. The third-order valence-corrected chi connectivity index (χ3v) is 8.09. The fourth-order valence-electron chi connectivity index (χ4n) is 5.27. The minimum absolute atomic E-state index is 0.124. The lowest BCUT2D eigenvalue weighted by Crippen LogP contribution is -2.42. The number of rotatable bonds is 14. The number of hydrogen-bond donors (Lipinski definition) is 3. The molecule has 0 aliphatic rings. The molecule has 0 saturated heterocycles. The number of carbonyl (C=O) groups excluding carboxylic acids is 1. The molecule has 1 amide bonds. The number of aliphatic carboxylic acids is 1. The maximum absolute atomic E-state index is 12.3. The Labute approximate surface area is 235 Å². The molecule has 39 heavy (non-hydrogen) atoms. The molecule has 6 nitrogen and oxygen atoms in total. The van der Waals surface area contributed by atoms with E-state index < -0.39 is 17.9 Å². The number of aliphatic hydroxyl groups is 1. The Morgan fingerprint density at radius 2 is 1.51 bits per heavy atom.